The van der Waals surface area contributed by atoms with E-state index in [9.17, 15) is 4.79 Å². The lowest BCUT2D eigenvalue weighted by Gasteiger charge is -2.17. The third-order valence-corrected chi connectivity index (χ3v) is 3.88. The SMILES string of the molecule is O=C(NCc1ccccn1)C(Cc1ccncc1)c1ccccc1. The highest BCUT2D eigenvalue weighted by Gasteiger charge is 2.20. The minimum atomic E-state index is -0.239. The van der Waals surface area contributed by atoms with Gasteiger partial charge in [-0.15, -0.1) is 0 Å². The fourth-order valence-corrected chi connectivity index (χ4v) is 2.61. The largest absolute Gasteiger partial charge is 0.350 e. The standard InChI is InChI=1S/C20H19N3O/c24-20(23-15-18-8-4-5-11-22-18)19(17-6-2-1-3-7-17)14-16-9-12-21-13-10-16/h1-13,19H,14-15H2,(H,23,24). The van der Waals surface area contributed by atoms with Gasteiger partial charge >= 0.3 is 0 Å². The molecule has 0 aliphatic carbocycles. The van der Waals surface area contributed by atoms with Crippen molar-refractivity contribution in [2.75, 3.05) is 0 Å². The first-order chi connectivity index (χ1) is 11.8. The van der Waals surface area contributed by atoms with Crippen molar-refractivity contribution in [2.24, 2.45) is 0 Å². The Hall–Kier alpha value is -3.01. The van der Waals surface area contributed by atoms with Crippen LogP contribution in [0.15, 0.2) is 79.3 Å². The Kier molecular flexibility index (Phi) is 5.30. The summed E-state index contributed by atoms with van der Waals surface area (Å²) in [7, 11) is 0. The second-order valence-corrected chi connectivity index (χ2v) is 5.56. The minimum Gasteiger partial charge on any atom is -0.350 e. The molecule has 3 aromatic rings. The van der Waals surface area contributed by atoms with Crippen LogP contribution in [-0.4, -0.2) is 15.9 Å². The van der Waals surface area contributed by atoms with Crippen LogP contribution < -0.4 is 5.32 Å². The number of hydrogen-bond acceptors (Lipinski definition) is 3. The summed E-state index contributed by atoms with van der Waals surface area (Å²) in [6, 6.07) is 19.4. The monoisotopic (exact) mass is 317 g/mol. The van der Waals surface area contributed by atoms with Gasteiger partial charge in [0.05, 0.1) is 18.2 Å². The first kappa shape index (κ1) is 15.9. The van der Waals surface area contributed by atoms with E-state index in [2.05, 4.69) is 15.3 Å². The molecule has 4 nitrogen and oxygen atoms in total. The molecule has 0 radical (unpaired) electrons. The van der Waals surface area contributed by atoms with E-state index < -0.39 is 0 Å². The van der Waals surface area contributed by atoms with Gasteiger partial charge < -0.3 is 5.32 Å². The van der Waals surface area contributed by atoms with Crippen LogP contribution >= 0.6 is 0 Å². The van der Waals surface area contributed by atoms with Gasteiger partial charge in [0.25, 0.3) is 0 Å². The number of nitrogens with one attached hydrogen (secondary N) is 1. The number of hydrogen-bond donors (Lipinski definition) is 1. The molecule has 1 unspecified atom stereocenters. The molecule has 0 fully saturated rings. The molecule has 2 heterocycles. The summed E-state index contributed by atoms with van der Waals surface area (Å²) in [5, 5.41) is 3.00. The molecule has 24 heavy (non-hydrogen) atoms. The molecule has 0 bridgehead atoms. The maximum atomic E-state index is 12.8. The molecule has 2 aromatic heterocycles. The van der Waals surface area contributed by atoms with E-state index in [4.69, 9.17) is 0 Å². The molecule has 4 heteroatoms. The first-order valence-electron chi connectivity index (χ1n) is 7.94. The van der Waals surface area contributed by atoms with E-state index in [1.54, 1.807) is 18.6 Å². The summed E-state index contributed by atoms with van der Waals surface area (Å²) in [6.07, 6.45) is 5.88. The second-order valence-electron chi connectivity index (χ2n) is 5.56. The van der Waals surface area contributed by atoms with Crippen LogP contribution in [0.3, 0.4) is 0 Å². The molecule has 120 valence electrons. The van der Waals surface area contributed by atoms with Gasteiger partial charge in [-0.25, -0.2) is 0 Å². The quantitative estimate of drug-likeness (QED) is 0.760. The fourth-order valence-electron chi connectivity index (χ4n) is 2.61. The Balaban J connectivity index is 1.75. The smallest absolute Gasteiger partial charge is 0.228 e. The maximum Gasteiger partial charge on any atom is 0.228 e. The van der Waals surface area contributed by atoms with Crippen LogP contribution in [0, 0.1) is 0 Å². The highest BCUT2D eigenvalue weighted by atomic mass is 16.1. The molecule has 0 saturated heterocycles. The topological polar surface area (TPSA) is 54.9 Å². The van der Waals surface area contributed by atoms with E-state index in [0.717, 1.165) is 16.8 Å². The van der Waals surface area contributed by atoms with Crippen molar-refractivity contribution in [3.63, 3.8) is 0 Å². The third-order valence-electron chi connectivity index (χ3n) is 3.88. The van der Waals surface area contributed by atoms with Crippen molar-refractivity contribution in [3.8, 4) is 0 Å². The number of rotatable bonds is 6. The summed E-state index contributed by atoms with van der Waals surface area (Å²) in [6.45, 7) is 0.430. The zero-order chi connectivity index (χ0) is 16.6. The minimum absolute atomic E-state index is 0.00339. The lowest BCUT2D eigenvalue weighted by molar-refractivity contribution is -0.122. The molecule has 0 aliphatic heterocycles. The summed E-state index contributed by atoms with van der Waals surface area (Å²) < 4.78 is 0. The van der Waals surface area contributed by atoms with Crippen LogP contribution in [0.25, 0.3) is 0 Å². The number of amides is 1. The van der Waals surface area contributed by atoms with Gasteiger partial charge in [-0.1, -0.05) is 36.4 Å². The van der Waals surface area contributed by atoms with Crippen molar-refractivity contribution >= 4 is 5.91 Å². The van der Waals surface area contributed by atoms with Crippen LogP contribution in [0.1, 0.15) is 22.7 Å². The highest BCUT2D eigenvalue weighted by Crippen LogP contribution is 2.21. The number of pyridine rings is 2. The highest BCUT2D eigenvalue weighted by molar-refractivity contribution is 5.83. The molecule has 0 aliphatic rings. The molecule has 1 atom stereocenters. The van der Waals surface area contributed by atoms with Gasteiger partial charge in [0.1, 0.15) is 0 Å². The molecule has 0 spiro atoms. The average Bonchev–Trinajstić information content (AvgIpc) is 2.66. The fraction of sp³-hybridized carbons (Fsp3) is 0.150. The maximum absolute atomic E-state index is 12.8. The van der Waals surface area contributed by atoms with Gasteiger partial charge in [-0.05, 0) is 41.8 Å². The zero-order valence-corrected chi connectivity index (χ0v) is 13.3. The van der Waals surface area contributed by atoms with E-state index >= 15 is 0 Å². The Bertz CT molecular complexity index is 761. The van der Waals surface area contributed by atoms with E-state index in [-0.39, 0.29) is 11.8 Å². The molecule has 1 aromatic carbocycles. The van der Waals surface area contributed by atoms with Crippen molar-refractivity contribution in [2.45, 2.75) is 18.9 Å². The predicted octanol–water partition coefficient (Wildman–Crippen LogP) is 3.12. The molecule has 1 amide bonds. The van der Waals surface area contributed by atoms with Crippen LogP contribution in [0.5, 0.6) is 0 Å². The summed E-state index contributed by atoms with van der Waals surface area (Å²) >= 11 is 0. The van der Waals surface area contributed by atoms with Crippen molar-refractivity contribution in [1.82, 2.24) is 15.3 Å². The van der Waals surface area contributed by atoms with Gasteiger partial charge in [-0.3, -0.25) is 14.8 Å². The van der Waals surface area contributed by atoms with Gasteiger partial charge in [0.2, 0.25) is 5.91 Å². The van der Waals surface area contributed by atoms with Gasteiger partial charge in [0, 0.05) is 18.6 Å². The lowest BCUT2D eigenvalue weighted by Crippen LogP contribution is -2.30. The average molecular weight is 317 g/mol. The van der Waals surface area contributed by atoms with Gasteiger partial charge in [-0.2, -0.15) is 0 Å². The predicted molar refractivity (Wildman–Crippen MR) is 93.2 cm³/mol. The number of aromatic nitrogens is 2. The van der Waals surface area contributed by atoms with E-state index in [1.807, 2.05) is 60.7 Å². The number of nitrogens with zero attached hydrogens (tertiary/aromatic N) is 2. The number of carbonyl (C=O) groups is 1. The molecule has 0 saturated carbocycles. The third kappa shape index (κ3) is 4.26. The Labute approximate surface area is 141 Å². The molecular weight excluding hydrogens is 298 g/mol. The van der Waals surface area contributed by atoms with Crippen LogP contribution in [0.4, 0.5) is 0 Å². The normalized spacial score (nSPS) is 11.7. The second kappa shape index (κ2) is 8.02. The molecular formula is C20H19N3O. The number of benzene rings is 1. The zero-order valence-electron chi connectivity index (χ0n) is 13.3. The first-order valence-corrected chi connectivity index (χ1v) is 7.94. The van der Waals surface area contributed by atoms with E-state index in [1.165, 1.54) is 0 Å². The Morgan fingerprint density at radius 1 is 0.917 bits per heavy atom. The summed E-state index contributed by atoms with van der Waals surface area (Å²) in [4.78, 5) is 21.0. The lowest BCUT2D eigenvalue weighted by atomic mass is 9.91. The van der Waals surface area contributed by atoms with Crippen molar-refractivity contribution < 1.29 is 4.79 Å². The molecule has 3 rings (SSSR count). The van der Waals surface area contributed by atoms with Crippen molar-refractivity contribution in [3.05, 3.63) is 96.1 Å². The summed E-state index contributed by atoms with van der Waals surface area (Å²) in [5.41, 5.74) is 2.95. The Morgan fingerprint density at radius 3 is 2.38 bits per heavy atom. The van der Waals surface area contributed by atoms with Crippen LogP contribution in [0.2, 0.25) is 0 Å². The summed E-state index contributed by atoms with van der Waals surface area (Å²) in [5.74, 6) is -0.235. The van der Waals surface area contributed by atoms with Crippen molar-refractivity contribution in [1.29, 1.82) is 0 Å². The van der Waals surface area contributed by atoms with E-state index in [0.29, 0.717) is 13.0 Å². The molecule has 1 N–H and O–H groups in total. The van der Waals surface area contributed by atoms with Gasteiger partial charge in [0.15, 0.2) is 0 Å². The Morgan fingerprint density at radius 2 is 1.67 bits per heavy atom. The van der Waals surface area contributed by atoms with Crippen LogP contribution in [-0.2, 0) is 17.8 Å². The number of carbonyl (C=O) groups excluding carboxylic acids is 1.